The zero-order chi connectivity index (χ0) is 22.2. The molecule has 2 aromatic carbocycles. The average molecular weight is 449 g/mol. The highest BCUT2D eigenvalue weighted by Gasteiger charge is 2.33. The molecule has 0 bridgehead atoms. The first-order chi connectivity index (χ1) is 14.8. The van der Waals surface area contributed by atoms with Gasteiger partial charge in [0.1, 0.15) is 16.5 Å². The van der Waals surface area contributed by atoms with Gasteiger partial charge in [-0.05, 0) is 55.3 Å². The van der Waals surface area contributed by atoms with Crippen molar-refractivity contribution >= 4 is 27.5 Å². The molecule has 1 aliphatic heterocycles. The van der Waals surface area contributed by atoms with Crippen molar-refractivity contribution in [2.45, 2.75) is 17.7 Å². The van der Waals surface area contributed by atoms with Crippen molar-refractivity contribution in [3.8, 4) is 0 Å². The molecule has 0 unspecified atom stereocenters. The lowest BCUT2D eigenvalue weighted by atomic mass is 10.1. The van der Waals surface area contributed by atoms with Crippen molar-refractivity contribution in [3.05, 3.63) is 59.7 Å². The third kappa shape index (κ3) is 4.59. The summed E-state index contributed by atoms with van der Waals surface area (Å²) in [7, 11) is -4.21. The minimum atomic E-state index is -4.21. The fourth-order valence-electron chi connectivity index (χ4n) is 3.41. The minimum Gasteiger partial charge on any atom is -0.336 e. The van der Waals surface area contributed by atoms with Gasteiger partial charge in [0.25, 0.3) is 5.91 Å². The lowest BCUT2D eigenvalue weighted by Crippen LogP contribution is -2.50. The number of rotatable bonds is 5. The Bertz CT molecular complexity index is 1110. The number of sulfonamides is 1. The Morgan fingerprint density at radius 1 is 0.935 bits per heavy atom. The van der Waals surface area contributed by atoms with Crippen molar-refractivity contribution in [1.82, 2.24) is 9.21 Å². The van der Waals surface area contributed by atoms with Gasteiger partial charge >= 0.3 is 0 Å². The Hall–Kier alpha value is -2.85. The molecule has 10 heteroatoms. The number of hydrogen-bond donors (Lipinski definition) is 1. The van der Waals surface area contributed by atoms with E-state index in [0.717, 1.165) is 29.3 Å². The van der Waals surface area contributed by atoms with Gasteiger partial charge in [0.2, 0.25) is 15.9 Å². The molecule has 0 atom stereocenters. The lowest BCUT2D eigenvalue weighted by molar-refractivity contribution is -0.117. The molecule has 0 spiro atoms. The van der Waals surface area contributed by atoms with Crippen LogP contribution in [0.25, 0.3) is 0 Å². The number of nitrogens with one attached hydrogen (secondary N) is 1. The van der Waals surface area contributed by atoms with E-state index in [9.17, 15) is 26.8 Å². The monoisotopic (exact) mass is 449 g/mol. The molecule has 1 saturated carbocycles. The normalized spacial score (nSPS) is 17.4. The maximum Gasteiger partial charge on any atom is 0.253 e. The number of nitrogens with zero attached hydrogens (tertiary/aromatic N) is 2. The van der Waals surface area contributed by atoms with Crippen LogP contribution in [0.5, 0.6) is 0 Å². The fourth-order valence-corrected chi connectivity index (χ4v) is 4.91. The molecule has 2 amide bonds. The summed E-state index contributed by atoms with van der Waals surface area (Å²) in [6.45, 7) is 0.184. The van der Waals surface area contributed by atoms with Gasteiger partial charge in [0.15, 0.2) is 0 Å². The summed E-state index contributed by atoms with van der Waals surface area (Å²) in [5, 5.41) is 2.80. The van der Waals surface area contributed by atoms with E-state index in [1.165, 1.54) is 4.90 Å². The van der Waals surface area contributed by atoms with E-state index in [4.69, 9.17) is 0 Å². The van der Waals surface area contributed by atoms with E-state index in [1.54, 1.807) is 24.3 Å². The standard InChI is InChI=1S/C21H21F2N3O4S/c22-16-5-8-18(23)19(13-16)31(29,30)26-11-9-25(10-12-26)21(28)15-3-6-17(7-4-15)24-20(27)14-1-2-14/h3-8,13-14H,1-2,9-12H2,(H,24,27). The molecule has 31 heavy (non-hydrogen) atoms. The quantitative estimate of drug-likeness (QED) is 0.760. The highest BCUT2D eigenvalue weighted by Crippen LogP contribution is 2.30. The van der Waals surface area contributed by atoms with Crippen molar-refractivity contribution in [1.29, 1.82) is 0 Å². The molecule has 2 aliphatic rings. The van der Waals surface area contributed by atoms with Crippen molar-refractivity contribution in [3.63, 3.8) is 0 Å². The van der Waals surface area contributed by atoms with Crippen LogP contribution in [0.4, 0.5) is 14.5 Å². The summed E-state index contributed by atoms with van der Waals surface area (Å²) >= 11 is 0. The second-order valence-electron chi connectivity index (χ2n) is 7.61. The Kier molecular flexibility index (Phi) is 5.76. The van der Waals surface area contributed by atoms with Gasteiger partial charge in [-0.1, -0.05) is 0 Å². The van der Waals surface area contributed by atoms with E-state index in [0.29, 0.717) is 17.3 Å². The number of anilines is 1. The zero-order valence-corrected chi connectivity index (χ0v) is 17.4. The predicted molar refractivity (Wildman–Crippen MR) is 109 cm³/mol. The first-order valence-corrected chi connectivity index (χ1v) is 11.3. The van der Waals surface area contributed by atoms with Crippen LogP contribution in [0.3, 0.4) is 0 Å². The van der Waals surface area contributed by atoms with Crippen molar-refractivity contribution in [2.24, 2.45) is 5.92 Å². The van der Waals surface area contributed by atoms with Crippen molar-refractivity contribution in [2.75, 3.05) is 31.5 Å². The second kappa shape index (κ2) is 8.35. The smallest absolute Gasteiger partial charge is 0.253 e. The third-order valence-corrected chi connectivity index (χ3v) is 7.30. The Labute approximate surface area is 178 Å². The largest absolute Gasteiger partial charge is 0.336 e. The summed E-state index contributed by atoms with van der Waals surface area (Å²) in [6, 6.07) is 8.81. The number of carbonyl (C=O) groups is 2. The molecule has 1 heterocycles. The van der Waals surface area contributed by atoms with Gasteiger partial charge in [0.05, 0.1) is 0 Å². The van der Waals surface area contributed by atoms with E-state index >= 15 is 0 Å². The molecular formula is C21H21F2N3O4S. The number of hydrogen-bond acceptors (Lipinski definition) is 4. The summed E-state index contributed by atoms with van der Waals surface area (Å²) in [5.41, 5.74) is 1.03. The van der Waals surface area contributed by atoms with Crippen LogP contribution in [-0.2, 0) is 14.8 Å². The highest BCUT2D eigenvalue weighted by molar-refractivity contribution is 7.89. The Morgan fingerprint density at radius 2 is 1.58 bits per heavy atom. The van der Waals surface area contributed by atoms with Crippen LogP contribution in [0, 0.1) is 17.6 Å². The maximum atomic E-state index is 13.9. The minimum absolute atomic E-state index is 0.0221. The molecule has 2 fully saturated rings. The highest BCUT2D eigenvalue weighted by atomic mass is 32.2. The molecule has 1 saturated heterocycles. The first kappa shape index (κ1) is 21.4. The second-order valence-corrected chi connectivity index (χ2v) is 9.52. The predicted octanol–water partition coefficient (Wildman–Crippen LogP) is 2.46. The van der Waals surface area contributed by atoms with Gasteiger partial charge in [-0.15, -0.1) is 0 Å². The summed E-state index contributed by atoms with van der Waals surface area (Å²) in [4.78, 5) is 25.3. The molecule has 1 N–H and O–H groups in total. The molecule has 1 aliphatic carbocycles. The number of halogens is 2. The molecule has 0 aromatic heterocycles. The van der Waals surface area contributed by atoms with E-state index in [-0.39, 0.29) is 43.9 Å². The maximum absolute atomic E-state index is 13.9. The lowest BCUT2D eigenvalue weighted by Gasteiger charge is -2.34. The van der Waals surface area contributed by atoms with Crippen molar-refractivity contribution < 1.29 is 26.8 Å². The van der Waals surface area contributed by atoms with Gasteiger partial charge in [-0.3, -0.25) is 9.59 Å². The van der Waals surface area contributed by atoms with E-state index < -0.39 is 26.6 Å². The van der Waals surface area contributed by atoms with Gasteiger partial charge in [-0.25, -0.2) is 17.2 Å². The average Bonchev–Trinajstić information content (AvgIpc) is 3.61. The van der Waals surface area contributed by atoms with Crippen LogP contribution < -0.4 is 5.32 Å². The van der Waals surface area contributed by atoms with E-state index in [1.807, 2.05) is 0 Å². The number of amides is 2. The number of benzene rings is 2. The molecule has 4 rings (SSSR count). The molecule has 2 aromatic rings. The Morgan fingerprint density at radius 3 is 2.19 bits per heavy atom. The van der Waals surface area contributed by atoms with Crippen LogP contribution in [0.15, 0.2) is 47.4 Å². The van der Waals surface area contributed by atoms with E-state index in [2.05, 4.69) is 5.32 Å². The molecule has 164 valence electrons. The molecule has 0 radical (unpaired) electrons. The molecule has 7 nitrogen and oxygen atoms in total. The van der Waals surface area contributed by atoms with Crippen LogP contribution >= 0.6 is 0 Å². The first-order valence-electron chi connectivity index (χ1n) is 9.91. The Balaban J connectivity index is 1.38. The summed E-state index contributed by atoms with van der Waals surface area (Å²) < 4.78 is 53.7. The number of carbonyl (C=O) groups excluding carboxylic acids is 2. The van der Waals surface area contributed by atoms with Crippen LogP contribution in [0.2, 0.25) is 0 Å². The summed E-state index contributed by atoms with van der Waals surface area (Å²) in [6.07, 6.45) is 1.80. The van der Waals surface area contributed by atoms with Gasteiger partial charge in [-0.2, -0.15) is 4.31 Å². The number of piperazine rings is 1. The van der Waals surface area contributed by atoms with Gasteiger partial charge < -0.3 is 10.2 Å². The van der Waals surface area contributed by atoms with Gasteiger partial charge in [0, 0.05) is 43.3 Å². The third-order valence-electron chi connectivity index (χ3n) is 5.38. The molecular weight excluding hydrogens is 428 g/mol. The SMILES string of the molecule is O=C(Nc1ccc(C(=O)N2CCN(S(=O)(=O)c3cc(F)ccc3F)CC2)cc1)C1CC1. The topological polar surface area (TPSA) is 86.8 Å². The fraction of sp³-hybridized carbons (Fsp3) is 0.333. The van der Waals surface area contributed by atoms with Crippen LogP contribution in [0.1, 0.15) is 23.2 Å². The zero-order valence-electron chi connectivity index (χ0n) is 16.6. The van der Waals surface area contributed by atoms with Crippen LogP contribution in [-0.4, -0.2) is 55.6 Å². The summed E-state index contributed by atoms with van der Waals surface area (Å²) in [5.74, 6) is -2.07.